The number of halogens is 2. The molecule has 0 nitrogen and oxygen atoms in total. The third kappa shape index (κ3) is 6.40. The summed E-state index contributed by atoms with van der Waals surface area (Å²) in [7, 11) is 0. The Morgan fingerprint density at radius 2 is 1.42 bits per heavy atom. The van der Waals surface area contributed by atoms with Gasteiger partial charge in [-0.1, -0.05) is 0 Å². The second-order valence-corrected chi connectivity index (χ2v) is 17.4. The minimum absolute atomic E-state index is 0. The molecule has 45 heavy (non-hydrogen) atoms. The van der Waals surface area contributed by atoms with Gasteiger partial charge in [0.1, 0.15) is 0 Å². The van der Waals surface area contributed by atoms with Crippen LogP contribution in [0.2, 0.25) is 0 Å². The van der Waals surface area contributed by atoms with E-state index in [0.717, 1.165) is 6.42 Å². The molecule has 0 heterocycles. The van der Waals surface area contributed by atoms with Crippen LogP contribution in [0.4, 0.5) is 0 Å². The fourth-order valence-electron chi connectivity index (χ4n) is 7.82. The zero-order chi connectivity index (χ0) is 30.4. The van der Waals surface area contributed by atoms with Crippen LogP contribution in [0.5, 0.6) is 0 Å². The van der Waals surface area contributed by atoms with Gasteiger partial charge in [0.25, 0.3) is 0 Å². The molecule has 1 atom stereocenters. The molecule has 3 aromatic rings. The molecule has 1 unspecified atom stereocenters. The molecule has 3 heteroatoms. The van der Waals surface area contributed by atoms with Crippen molar-refractivity contribution in [3.05, 3.63) is 147 Å². The Morgan fingerprint density at radius 3 is 2.00 bits per heavy atom. The van der Waals surface area contributed by atoms with Crippen LogP contribution in [-0.4, -0.2) is 0 Å². The van der Waals surface area contributed by atoms with E-state index in [1.165, 1.54) is 57.5 Å². The summed E-state index contributed by atoms with van der Waals surface area (Å²) in [5, 5.41) is 2.83. The third-order valence-corrected chi connectivity index (χ3v) is 14.7. The maximum Gasteiger partial charge on any atom is -0.147 e. The number of unbranched alkanes of at least 4 members (excludes halogenated alkanes) is 1. The Morgan fingerprint density at radius 1 is 0.800 bits per heavy atom. The van der Waals surface area contributed by atoms with Crippen LogP contribution in [0.1, 0.15) is 89.5 Å². The van der Waals surface area contributed by atoms with Gasteiger partial charge in [0.2, 0.25) is 0 Å². The van der Waals surface area contributed by atoms with E-state index in [-0.39, 0.29) is 41.1 Å². The first-order chi connectivity index (χ1) is 20.6. The van der Waals surface area contributed by atoms with Crippen LogP contribution < -0.4 is 10.4 Å². The first kappa shape index (κ1) is 35.7. The zero-order valence-corrected chi connectivity index (χ0v) is 32.1. The van der Waals surface area contributed by atoms with Crippen LogP contribution in [0, 0.1) is 12.3 Å². The average Bonchev–Trinajstić information content (AvgIpc) is 3.65. The van der Waals surface area contributed by atoms with E-state index in [4.69, 9.17) is 0 Å². The van der Waals surface area contributed by atoms with Crippen molar-refractivity contribution < 1.29 is 23.2 Å². The van der Waals surface area contributed by atoms with Crippen LogP contribution in [-0.2, 0) is 34.1 Å². The Labute approximate surface area is 295 Å². The second-order valence-electron chi connectivity index (χ2n) is 14.0. The number of rotatable bonds is 9. The normalized spacial score (nSPS) is 18.7. The number of fused-ring (bicyclic) bond motifs is 2. The minimum Gasteiger partial charge on any atom is -0.147 e. The minimum atomic E-state index is -1.00. The maximum atomic E-state index is 2.65. The van der Waals surface area contributed by atoms with E-state index in [1.807, 2.05) is 0 Å². The van der Waals surface area contributed by atoms with Gasteiger partial charge in [-0.2, -0.15) is 0 Å². The van der Waals surface area contributed by atoms with Crippen molar-refractivity contribution in [2.24, 2.45) is 5.41 Å². The SMILES string of the molecule is CCCCC1(C)C(C(C)(C)c2ccccc2)=CC2=c3cc(C(C)(C)c4ccccc4)c(C)cc3=CC2=[C]1[Zr][C]1=CC=CC1.Cl.Cl. The molecule has 0 aromatic heterocycles. The molecular formula is C42H48Cl2Zr. The van der Waals surface area contributed by atoms with Crippen molar-refractivity contribution in [2.45, 2.75) is 85.0 Å². The van der Waals surface area contributed by atoms with Crippen LogP contribution in [0.15, 0.2) is 115 Å². The summed E-state index contributed by atoms with van der Waals surface area (Å²) in [5.41, 5.74) is 10.1. The molecule has 0 saturated heterocycles. The van der Waals surface area contributed by atoms with Gasteiger partial charge in [-0.3, -0.25) is 0 Å². The van der Waals surface area contributed by atoms with E-state index in [0.29, 0.717) is 0 Å². The van der Waals surface area contributed by atoms with Crippen molar-refractivity contribution in [3.8, 4) is 0 Å². The molecule has 0 saturated carbocycles. The molecule has 0 aliphatic heterocycles. The zero-order valence-electron chi connectivity index (χ0n) is 28.0. The van der Waals surface area contributed by atoms with Crippen molar-refractivity contribution in [3.63, 3.8) is 0 Å². The third-order valence-electron chi connectivity index (χ3n) is 10.4. The van der Waals surface area contributed by atoms with E-state index < -0.39 is 23.2 Å². The molecule has 0 radical (unpaired) electrons. The summed E-state index contributed by atoms with van der Waals surface area (Å²) in [5.74, 6) is 0. The molecular weight excluding hydrogens is 667 g/mol. The smallest absolute Gasteiger partial charge is 0.147 e. The second kappa shape index (κ2) is 13.9. The molecule has 0 bridgehead atoms. The van der Waals surface area contributed by atoms with Gasteiger partial charge in [-0.25, -0.2) is 0 Å². The summed E-state index contributed by atoms with van der Waals surface area (Å²) in [6.45, 7) is 17.0. The van der Waals surface area contributed by atoms with Crippen molar-refractivity contribution in [1.82, 2.24) is 0 Å². The quantitative estimate of drug-likeness (QED) is 0.207. The Bertz CT molecular complexity index is 1800. The fourth-order valence-corrected chi connectivity index (χ4v) is 11.7. The van der Waals surface area contributed by atoms with E-state index in [2.05, 4.69) is 152 Å². The summed E-state index contributed by atoms with van der Waals surface area (Å²) in [6, 6.07) is 27.3. The van der Waals surface area contributed by atoms with E-state index >= 15 is 0 Å². The number of aryl methyl sites for hydroxylation is 1. The largest absolute Gasteiger partial charge is 0.147 e. The molecule has 0 fully saturated rings. The predicted octanol–water partition coefficient (Wildman–Crippen LogP) is 10.4. The van der Waals surface area contributed by atoms with Gasteiger partial charge in [0.05, 0.1) is 0 Å². The molecule has 3 aliphatic rings. The standard InChI is InChI=1S/C37H41.C5H5.2ClH.Zr/c1-8-9-20-37(7)25-28-22-27-21-26(2)33(35(3,4)29-16-12-10-13-17-29)23-31(27)32(28)24-34(37)36(5,6)30-18-14-11-15-19-30;1-2-4-5-3-1;;;/h10-19,21-24H,8-9,20H2,1-7H3;1-3H,4H2;2*1H;. The van der Waals surface area contributed by atoms with Gasteiger partial charge in [0.15, 0.2) is 0 Å². The summed E-state index contributed by atoms with van der Waals surface area (Å²) in [6.07, 6.45) is 17.1. The van der Waals surface area contributed by atoms with E-state index in [1.54, 1.807) is 17.7 Å². The molecule has 0 N–H and O–H groups in total. The maximum absolute atomic E-state index is 2.65. The van der Waals surface area contributed by atoms with Crippen LogP contribution >= 0.6 is 24.8 Å². The van der Waals surface area contributed by atoms with Gasteiger partial charge in [0, 0.05) is 0 Å². The Balaban J connectivity index is 0.00000230. The first-order valence-electron chi connectivity index (χ1n) is 16.2. The topological polar surface area (TPSA) is 0 Å². The van der Waals surface area contributed by atoms with Gasteiger partial charge >= 0.3 is 273 Å². The first-order valence-corrected chi connectivity index (χ1v) is 18.6. The van der Waals surface area contributed by atoms with E-state index in [9.17, 15) is 0 Å². The number of benzene rings is 3. The average molecular weight is 715 g/mol. The van der Waals surface area contributed by atoms with Crippen molar-refractivity contribution in [2.75, 3.05) is 0 Å². The van der Waals surface area contributed by atoms with Gasteiger partial charge in [-0.15, -0.1) is 24.8 Å². The van der Waals surface area contributed by atoms with Gasteiger partial charge in [-0.05, 0) is 0 Å². The molecule has 6 rings (SSSR count). The van der Waals surface area contributed by atoms with Crippen LogP contribution in [0.3, 0.4) is 0 Å². The predicted molar refractivity (Wildman–Crippen MR) is 195 cm³/mol. The number of hydrogen-bond donors (Lipinski definition) is 0. The van der Waals surface area contributed by atoms with Crippen molar-refractivity contribution in [1.29, 1.82) is 0 Å². The molecule has 3 aliphatic carbocycles. The Kier molecular flexibility index (Phi) is 11.0. The van der Waals surface area contributed by atoms with Crippen molar-refractivity contribution >= 4 is 36.5 Å². The van der Waals surface area contributed by atoms with Gasteiger partial charge < -0.3 is 0 Å². The summed E-state index contributed by atoms with van der Waals surface area (Å²) in [4.78, 5) is 0. The number of allylic oxidation sites excluding steroid dienone is 8. The fraction of sp³-hybridized carbons (Fsp3) is 0.333. The molecule has 3 aromatic carbocycles. The number of hydrogen-bond acceptors (Lipinski definition) is 0. The summed E-state index contributed by atoms with van der Waals surface area (Å²) >= 11 is -1.00. The molecule has 234 valence electrons. The summed E-state index contributed by atoms with van der Waals surface area (Å²) < 4.78 is 3.49. The monoisotopic (exact) mass is 712 g/mol. The molecule has 0 spiro atoms. The molecule has 0 amide bonds. The van der Waals surface area contributed by atoms with Crippen LogP contribution in [0.25, 0.3) is 11.6 Å². The Hall–Kier alpha value is -2.18.